The van der Waals surface area contributed by atoms with Gasteiger partial charge in [0, 0.05) is 23.3 Å². The van der Waals surface area contributed by atoms with E-state index in [-0.39, 0.29) is 49.4 Å². The van der Waals surface area contributed by atoms with Crippen molar-refractivity contribution in [2.45, 2.75) is 72.8 Å². The minimum absolute atomic E-state index is 0.0168. The molecule has 0 bridgehead atoms. The Hall–Kier alpha value is -3.74. The van der Waals surface area contributed by atoms with E-state index in [4.69, 9.17) is 9.47 Å². The van der Waals surface area contributed by atoms with Crippen LogP contribution in [0.1, 0.15) is 74.0 Å². The molecule has 0 fully saturated rings. The number of H-pyrrole nitrogens is 1. The molecule has 12 nitrogen and oxygen atoms in total. The highest BCUT2D eigenvalue weighted by Crippen LogP contribution is 2.26. The zero-order valence-electron chi connectivity index (χ0n) is 24.2. The van der Waals surface area contributed by atoms with Gasteiger partial charge >= 0.3 is 11.9 Å². The Kier molecular flexibility index (Phi) is 11.0. The van der Waals surface area contributed by atoms with E-state index < -0.39 is 29.3 Å². The predicted octanol–water partition coefficient (Wildman–Crippen LogP) is 3.04. The van der Waals surface area contributed by atoms with Gasteiger partial charge in [-0.05, 0) is 57.6 Å². The number of carbonyl (C=O) groups is 4. The number of rotatable bonds is 12. The Balaban J connectivity index is 1.56. The molecule has 0 saturated heterocycles. The summed E-state index contributed by atoms with van der Waals surface area (Å²) in [5.41, 5.74) is -0.359. The number of hydrogen-bond donors (Lipinski definition) is 4. The van der Waals surface area contributed by atoms with Crippen molar-refractivity contribution in [2.75, 3.05) is 30.4 Å². The number of fused-ring (bicyclic) bond motifs is 1. The van der Waals surface area contributed by atoms with Gasteiger partial charge in [-0.2, -0.15) is 4.98 Å². The number of nitrogens with one attached hydrogen (secondary N) is 4. The second-order valence-electron chi connectivity index (χ2n) is 10.8. The second-order valence-corrected chi connectivity index (χ2v) is 12.0. The fraction of sp³-hybridized carbons (Fsp3) is 0.571. The minimum Gasteiger partial charge on any atom is -0.466 e. The molecule has 0 spiro atoms. The zero-order chi connectivity index (χ0) is 30.2. The molecule has 0 radical (unpaired) electrons. The smallest absolute Gasteiger partial charge is 0.328 e. The lowest BCUT2D eigenvalue weighted by Crippen LogP contribution is -2.42. The molecular formula is C28H39N5O7S. The summed E-state index contributed by atoms with van der Waals surface area (Å²) in [5, 5.41) is 8.56. The van der Waals surface area contributed by atoms with Crippen molar-refractivity contribution in [1.82, 2.24) is 15.3 Å². The molecule has 0 aromatic carbocycles. The Morgan fingerprint density at radius 3 is 2.56 bits per heavy atom. The normalized spacial score (nSPS) is 15.2. The summed E-state index contributed by atoms with van der Waals surface area (Å²) >= 11 is 1.33. The number of aromatic nitrogens is 2. The maximum atomic E-state index is 12.9. The Bertz CT molecular complexity index is 1310. The molecule has 41 heavy (non-hydrogen) atoms. The predicted molar refractivity (Wildman–Crippen MR) is 155 cm³/mol. The lowest BCUT2D eigenvalue weighted by atomic mass is 9.92. The average molecular weight is 590 g/mol. The SMILES string of the molecule is CCOC(=O)CC[C@H](NC(=O)c1ccc(CCC2CNc3nc(NC(=O)C(C)(C)C)[nH]c(=O)c3C2)s1)C(=O)OCC. The summed E-state index contributed by atoms with van der Waals surface area (Å²) < 4.78 is 9.97. The molecule has 2 aromatic rings. The van der Waals surface area contributed by atoms with Gasteiger partial charge in [0.2, 0.25) is 11.9 Å². The summed E-state index contributed by atoms with van der Waals surface area (Å²) in [4.78, 5) is 70.4. The number of carbonyl (C=O) groups excluding carboxylic acids is 4. The van der Waals surface area contributed by atoms with Gasteiger partial charge in [0.25, 0.3) is 11.5 Å². The van der Waals surface area contributed by atoms with Crippen LogP contribution in [-0.2, 0) is 36.7 Å². The first kappa shape index (κ1) is 31.8. The number of hydrogen-bond acceptors (Lipinski definition) is 10. The first-order valence-electron chi connectivity index (χ1n) is 13.8. The van der Waals surface area contributed by atoms with Crippen LogP contribution in [-0.4, -0.2) is 59.5 Å². The van der Waals surface area contributed by atoms with E-state index in [0.717, 1.165) is 11.3 Å². The molecule has 0 saturated carbocycles. The first-order chi connectivity index (χ1) is 19.4. The molecule has 13 heteroatoms. The van der Waals surface area contributed by atoms with Crippen LogP contribution in [0.2, 0.25) is 0 Å². The molecule has 3 rings (SSSR count). The third-order valence-corrected chi connectivity index (χ3v) is 7.63. The Morgan fingerprint density at radius 1 is 1.15 bits per heavy atom. The van der Waals surface area contributed by atoms with Gasteiger partial charge in [0.15, 0.2) is 0 Å². The summed E-state index contributed by atoms with van der Waals surface area (Å²) in [6.07, 6.45) is 2.08. The quantitative estimate of drug-likeness (QED) is 0.272. The van der Waals surface area contributed by atoms with Crippen LogP contribution in [0.25, 0.3) is 0 Å². The monoisotopic (exact) mass is 589 g/mol. The molecule has 3 heterocycles. The molecule has 1 aliphatic rings. The third kappa shape index (κ3) is 9.13. The summed E-state index contributed by atoms with van der Waals surface area (Å²) in [6, 6.07) is 2.62. The minimum atomic E-state index is -0.959. The van der Waals surface area contributed by atoms with Crippen molar-refractivity contribution >= 4 is 46.9 Å². The summed E-state index contributed by atoms with van der Waals surface area (Å²) in [6.45, 7) is 9.72. The van der Waals surface area contributed by atoms with Gasteiger partial charge in [0.05, 0.1) is 23.7 Å². The molecule has 1 unspecified atom stereocenters. The largest absolute Gasteiger partial charge is 0.466 e. The van der Waals surface area contributed by atoms with Crippen molar-refractivity contribution in [2.24, 2.45) is 11.3 Å². The van der Waals surface area contributed by atoms with Crippen molar-refractivity contribution in [3.05, 3.63) is 37.8 Å². The van der Waals surface area contributed by atoms with Gasteiger partial charge in [0.1, 0.15) is 11.9 Å². The number of amides is 2. The maximum absolute atomic E-state index is 12.9. The topological polar surface area (TPSA) is 169 Å². The highest BCUT2D eigenvalue weighted by molar-refractivity contribution is 7.14. The van der Waals surface area contributed by atoms with Crippen LogP contribution in [0.4, 0.5) is 11.8 Å². The number of thiophene rings is 1. The van der Waals surface area contributed by atoms with Gasteiger partial charge in [-0.1, -0.05) is 20.8 Å². The Labute approximate surface area is 243 Å². The van der Waals surface area contributed by atoms with E-state index >= 15 is 0 Å². The van der Waals surface area contributed by atoms with E-state index in [0.29, 0.717) is 35.6 Å². The highest BCUT2D eigenvalue weighted by atomic mass is 32.1. The zero-order valence-corrected chi connectivity index (χ0v) is 25.0. The summed E-state index contributed by atoms with van der Waals surface area (Å²) in [7, 11) is 0. The third-order valence-electron chi connectivity index (χ3n) is 6.48. The first-order valence-corrected chi connectivity index (χ1v) is 14.6. The standard InChI is InChI=1S/C28H39N5O7S/c1-6-39-21(34)13-11-19(25(37)40-7-2)30-24(36)20-12-10-17(41-20)9-8-16-14-18-22(29-15-16)31-27(32-23(18)35)33-26(38)28(3,4)5/h10,12,16,19H,6-9,11,13-15H2,1-5H3,(H,30,36)(H3,29,31,32,33,35,38)/t16?,19-/m0/s1. The van der Waals surface area contributed by atoms with Crippen molar-refractivity contribution < 1.29 is 28.7 Å². The van der Waals surface area contributed by atoms with Crippen molar-refractivity contribution in [1.29, 1.82) is 0 Å². The summed E-state index contributed by atoms with van der Waals surface area (Å²) in [5.74, 6) is -0.927. The molecule has 4 N–H and O–H groups in total. The lowest BCUT2D eigenvalue weighted by molar-refractivity contribution is -0.146. The number of aromatic amines is 1. The van der Waals surface area contributed by atoms with E-state index in [9.17, 15) is 24.0 Å². The Morgan fingerprint density at radius 2 is 1.88 bits per heavy atom. The van der Waals surface area contributed by atoms with Gasteiger partial charge < -0.3 is 20.1 Å². The van der Waals surface area contributed by atoms with E-state index in [1.54, 1.807) is 40.7 Å². The van der Waals surface area contributed by atoms with Gasteiger partial charge in [-0.3, -0.25) is 29.5 Å². The maximum Gasteiger partial charge on any atom is 0.328 e. The van der Waals surface area contributed by atoms with Crippen LogP contribution in [0.5, 0.6) is 0 Å². The fourth-order valence-electron chi connectivity index (χ4n) is 4.19. The number of esters is 2. The van der Waals surface area contributed by atoms with Crippen LogP contribution < -0.4 is 21.5 Å². The molecular weight excluding hydrogens is 550 g/mol. The van der Waals surface area contributed by atoms with Gasteiger partial charge in [-0.25, -0.2) is 4.79 Å². The van der Waals surface area contributed by atoms with Crippen LogP contribution >= 0.6 is 11.3 Å². The number of nitrogens with zero attached hydrogens (tertiary/aromatic N) is 1. The molecule has 2 aromatic heterocycles. The van der Waals surface area contributed by atoms with Gasteiger partial charge in [-0.15, -0.1) is 11.3 Å². The second kappa shape index (κ2) is 14.2. The van der Waals surface area contributed by atoms with Crippen molar-refractivity contribution in [3.63, 3.8) is 0 Å². The van der Waals surface area contributed by atoms with E-state index in [1.807, 2.05) is 6.07 Å². The number of ether oxygens (including phenoxy) is 2. The molecule has 224 valence electrons. The lowest BCUT2D eigenvalue weighted by Gasteiger charge is -2.25. The van der Waals surface area contributed by atoms with Crippen LogP contribution in [0.15, 0.2) is 16.9 Å². The van der Waals surface area contributed by atoms with Crippen LogP contribution in [0.3, 0.4) is 0 Å². The van der Waals surface area contributed by atoms with Crippen LogP contribution in [0, 0.1) is 11.3 Å². The number of anilines is 2. The average Bonchev–Trinajstić information content (AvgIpc) is 3.39. The van der Waals surface area contributed by atoms with E-state index in [2.05, 4.69) is 25.9 Å². The number of aryl methyl sites for hydroxylation is 1. The molecule has 0 aliphatic carbocycles. The highest BCUT2D eigenvalue weighted by Gasteiger charge is 2.27. The molecule has 2 atom stereocenters. The fourth-order valence-corrected chi connectivity index (χ4v) is 5.12. The molecule has 1 aliphatic heterocycles. The van der Waals surface area contributed by atoms with E-state index in [1.165, 1.54) is 11.3 Å². The molecule has 2 amide bonds. The van der Waals surface area contributed by atoms with Crippen molar-refractivity contribution in [3.8, 4) is 0 Å².